The zero-order valence-corrected chi connectivity index (χ0v) is 13.8. The van der Waals surface area contributed by atoms with E-state index in [1.807, 2.05) is 13.8 Å². The standard InChI is InChI=1S/C16H23ClN2O3/c1-3-8-22-15-5-4-12(9-13(15)17)18-16(21)19-7-6-11(2)14(20)10-19/h4-5,9,11,14,20H,3,6-8,10H2,1-2H3,(H,18,21). The highest BCUT2D eigenvalue weighted by molar-refractivity contribution is 6.32. The Hall–Kier alpha value is -1.46. The van der Waals surface area contributed by atoms with E-state index in [4.69, 9.17) is 16.3 Å². The molecule has 2 amide bonds. The van der Waals surface area contributed by atoms with E-state index in [1.165, 1.54) is 0 Å². The molecule has 5 nitrogen and oxygen atoms in total. The van der Waals surface area contributed by atoms with E-state index < -0.39 is 6.10 Å². The molecule has 1 aliphatic rings. The molecule has 1 aliphatic heterocycles. The Bertz CT molecular complexity index is 524. The maximum atomic E-state index is 12.2. The largest absolute Gasteiger partial charge is 0.492 e. The number of hydrogen-bond donors (Lipinski definition) is 2. The van der Waals surface area contributed by atoms with Gasteiger partial charge in [-0.2, -0.15) is 0 Å². The van der Waals surface area contributed by atoms with Crippen molar-refractivity contribution in [2.75, 3.05) is 25.0 Å². The number of piperidine rings is 1. The second kappa shape index (κ2) is 7.70. The number of nitrogens with one attached hydrogen (secondary N) is 1. The third-order valence-electron chi connectivity index (χ3n) is 3.85. The molecule has 2 N–H and O–H groups in total. The first-order chi connectivity index (χ1) is 10.5. The summed E-state index contributed by atoms with van der Waals surface area (Å²) in [6, 6.07) is 4.97. The van der Waals surface area contributed by atoms with E-state index in [0.29, 0.717) is 36.2 Å². The molecular weight excluding hydrogens is 304 g/mol. The van der Waals surface area contributed by atoms with E-state index in [0.717, 1.165) is 12.8 Å². The fourth-order valence-corrected chi connectivity index (χ4v) is 2.58. The van der Waals surface area contributed by atoms with Crippen LogP contribution in [0.1, 0.15) is 26.7 Å². The van der Waals surface area contributed by atoms with Crippen LogP contribution in [0.15, 0.2) is 18.2 Å². The zero-order chi connectivity index (χ0) is 16.1. The minimum atomic E-state index is -0.465. The van der Waals surface area contributed by atoms with Crippen molar-refractivity contribution in [1.29, 1.82) is 0 Å². The summed E-state index contributed by atoms with van der Waals surface area (Å²) >= 11 is 6.15. The highest BCUT2D eigenvalue weighted by atomic mass is 35.5. The maximum absolute atomic E-state index is 12.2. The molecule has 1 heterocycles. The van der Waals surface area contributed by atoms with Gasteiger partial charge in [-0.3, -0.25) is 0 Å². The topological polar surface area (TPSA) is 61.8 Å². The normalized spacial score (nSPS) is 21.5. The first kappa shape index (κ1) is 16.9. The van der Waals surface area contributed by atoms with E-state index in [9.17, 15) is 9.90 Å². The van der Waals surface area contributed by atoms with E-state index in [2.05, 4.69) is 5.32 Å². The number of hydrogen-bond acceptors (Lipinski definition) is 3. The Balaban J connectivity index is 1.95. The van der Waals surface area contributed by atoms with Gasteiger partial charge >= 0.3 is 6.03 Å². The van der Waals surface area contributed by atoms with Crippen molar-refractivity contribution in [1.82, 2.24) is 4.90 Å². The number of anilines is 1. The molecule has 122 valence electrons. The Morgan fingerprint density at radius 3 is 2.95 bits per heavy atom. The molecule has 0 spiro atoms. The minimum Gasteiger partial charge on any atom is -0.492 e. The average molecular weight is 327 g/mol. The number of aliphatic hydroxyl groups is 1. The predicted octanol–water partition coefficient (Wildman–Crippen LogP) is 3.36. The predicted molar refractivity (Wildman–Crippen MR) is 87.6 cm³/mol. The van der Waals surface area contributed by atoms with Crippen LogP contribution < -0.4 is 10.1 Å². The molecule has 1 aromatic rings. The van der Waals surface area contributed by atoms with Crippen LogP contribution in [-0.2, 0) is 0 Å². The zero-order valence-electron chi connectivity index (χ0n) is 13.0. The lowest BCUT2D eigenvalue weighted by Gasteiger charge is -2.34. The molecule has 22 heavy (non-hydrogen) atoms. The molecule has 2 atom stereocenters. The quantitative estimate of drug-likeness (QED) is 0.891. The van der Waals surface area contributed by atoms with Gasteiger partial charge in [-0.05, 0) is 37.0 Å². The van der Waals surface area contributed by atoms with Gasteiger partial charge in [0.15, 0.2) is 0 Å². The van der Waals surface area contributed by atoms with Crippen LogP contribution in [0, 0.1) is 5.92 Å². The highest BCUT2D eigenvalue weighted by Crippen LogP contribution is 2.28. The number of halogens is 1. The van der Waals surface area contributed by atoms with Crippen molar-refractivity contribution in [2.45, 2.75) is 32.8 Å². The smallest absolute Gasteiger partial charge is 0.321 e. The van der Waals surface area contributed by atoms with Gasteiger partial charge in [0.05, 0.1) is 17.7 Å². The number of urea groups is 1. The molecule has 1 aromatic carbocycles. The third kappa shape index (κ3) is 4.27. The number of rotatable bonds is 4. The Kier molecular flexibility index (Phi) is 5.91. The SMILES string of the molecule is CCCOc1ccc(NC(=O)N2CCC(C)C(O)C2)cc1Cl. The number of aliphatic hydroxyl groups excluding tert-OH is 1. The van der Waals surface area contributed by atoms with Crippen molar-refractivity contribution >= 4 is 23.3 Å². The summed E-state index contributed by atoms with van der Waals surface area (Å²) in [7, 11) is 0. The number of likely N-dealkylation sites (tertiary alicyclic amines) is 1. The summed E-state index contributed by atoms with van der Waals surface area (Å²) in [6.45, 7) is 5.63. The van der Waals surface area contributed by atoms with Gasteiger partial charge < -0.3 is 20.1 Å². The van der Waals surface area contributed by atoms with E-state index in [1.54, 1.807) is 23.1 Å². The molecule has 1 fully saturated rings. The van der Waals surface area contributed by atoms with Crippen molar-refractivity contribution in [3.8, 4) is 5.75 Å². The van der Waals surface area contributed by atoms with Crippen molar-refractivity contribution < 1.29 is 14.6 Å². The number of carbonyl (C=O) groups is 1. The molecule has 1 saturated heterocycles. The number of ether oxygens (including phenoxy) is 1. The summed E-state index contributed by atoms with van der Waals surface area (Å²) < 4.78 is 5.50. The lowest BCUT2D eigenvalue weighted by atomic mass is 9.96. The molecule has 0 bridgehead atoms. The molecule has 0 aromatic heterocycles. The number of β-amino-alcohol motifs (C(OH)–C–C–N with tert-alkyl or cyclic N) is 1. The van der Waals surface area contributed by atoms with Gasteiger partial charge in [0.25, 0.3) is 0 Å². The second-order valence-electron chi connectivity index (χ2n) is 5.70. The Labute approximate surface area is 136 Å². The minimum absolute atomic E-state index is 0.218. The lowest BCUT2D eigenvalue weighted by Crippen LogP contribution is -2.47. The summed E-state index contributed by atoms with van der Waals surface area (Å²) in [5.74, 6) is 0.845. The summed E-state index contributed by atoms with van der Waals surface area (Å²) in [5.41, 5.74) is 0.618. The van der Waals surface area contributed by atoms with Gasteiger partial charge in [0.2, 0.25) is 0 Å². The van der Waals surface area contributed by atoms with Gasteiger partial charge in [-0.1, -0.05) is 25.4 Å². The number of nitrogens with zero attached hydrogens (tertiary/aromatic N) is 1. The molecule has 0 saturated carbocycles. The van der Waals surface area contributed by atoms with Crippen LogP contribution in [0.25, 0.3) is 0 Å². The lowest BCUT2D eigenvalue weighted by molar-refractivity contribution is 0.0464. The van der Waals surface area contributed by atoms with E-state index in [-0.39, 0.29) is 11.9 Å². The highest BCUT2D eigenvalue weighted by Gasteiger charge is 2.27. The van der Waals surface area contributed by atoms with Crippen LogP contribution in [0.2, 0.25) is 5.02 Å². The van der Waals surface area contributed by atoms with Crippen molar-refractivity contribution in [3.63, 3.8) is 0 Å². The number of benzene rings is 1. The second-order valence-corrected chi connectivity index (χ2v) is 6.11. The number of amides is 2. The number of carbonyl (C=O) groups excluding carboxylic acids is 1. The third-order valence-corrected chi connectivity index (χ3v) is 4.15. The first-order valence-corrected chi connectivity index (χ1v) is 8.05. The van der Waals surface area contributed by atoms with Crippen molar-refractivity contribution in [3.05, 3.63) is 23.2 Å². The molecule has 0 radical (unpaired) electrons. The fourth-order valence-electron chi connectivity index (χ4n) is 2.34. The van der Waals surface area contributed by atoms with Gasteiger partial charge in [0.1, 0.15) is 5.75 Å². The van der Waals surface area contributed by atoms with Crippen LogP contribution >= 0.6 is 11.6 Å². The summed E-state index contributed by atoms with van der Waals surface area (Å²) in [5, 5.41) is 13.1. The Morgan fingerprint density at radius 2 is 2.32 bits per heavy atom. The van der Waals surface area contributed by atoms with Crippen LogP contribution in [0.3, 0.4) is 0 Å². The molecular formula is C16H23ClN2O3. The summed E-state index contributed by atoms with van der Waals surface area (Å²) in [4.78, 5) is 13.8. The average Bonchev–Trinajstić information content (AvgIpc) is 2.49. The molecule has 6 heteroatoms. The summed E-state index contributed by atoms with van der Waals surface area (Å²) in [6.07, 6.45) is 1.25. The maximum Gasteiger partial charge on any atom is 0.321 e. The van der Waals surface area contributed by atoms with Gasteiger partial charge in [-0.25, -0.2) is 4.79 Å². The fraction of sp³-hybridized carbons (Fsp3) is 0.562. The van der Waals surface area contributed by atoms with Crippen LogP contribution in [-0.4, -0.2) is 41.8 Å². The monoisotopic (exact) mass is 326 g/mol. The first-order valence-electron chi connectivity index (χ1n) is 7.67. The molecule has 2 rings (SSSR count). The van der Waals surface area contributed by atoms with Crippen LogP contribution in [0.5, 0.6) is 5.75 Å². The van der Waals surface area contributed by atoms with Crippen molar-refractivity contribution in [2.24, 2.45) is 5.92 Å². The molecule has 2 unspecified atom stereocenters. The van der Waals surface area contributed by atoms with E-state index >= 15 is 0 Å². The van der Waals surface area contributed by atoms with Crippen LogP contribution in [0.4, 0.5) is 10.5 Å². The molecule has 0 aliphatic carbocycles. The Morgan fingerprint density at radius 1 is 1.55 bits per heavy atom. The van der Waals surface area contributed by atoms with Gasteiger partial charge in [0, 0.05) is 18.8 Å². The van der Waals surface area contributed by atoms with Gasteiger partial charge in [-0.15, -0.1) is 0 Å².